The summed E-state index contributed by atoms with van der Waals surface area (Å²) in [7, 11) is 0. The van der Waals surface area contributed by atoms with Crippen molar-refractivity contribution in [3.05, 3.63) is 18.0 Å². The van der Waals surface area contributed by atoms with Gasteiger partial charge >= 0.3 is 0 Å². The van der Waals surface area contributed by atoms with E-state index in [0.717, 1.165) is 0 Å². The van der Waals surface area contributed by atoms with Gasteiger partial charge in [0.25, 0.3) is 0 Å². The number of aromatic amines is 1. The molecule has 2 heterocycles. The lowest BCUT2D eigenvalue weighted by Gasteiger charge is -2.34. The number of rotatable bonds is 2. The largest absolute Gasteiger partial charge is 0.301 e. The van der Waals surface area contributed by atoms with E-state index in [9.17, 15) is 0 Å². The third-order valence-electron chi connectivity index (χ3n) is 3.22. The molecule has 0 unspecified atom stereocenters. The molecule has 3 heteroatoms. The van der Waals surface area contributed by atoms with E-state index < -0.39 is 0 Å². The van der Waals surface area contributed by atoms with Crippen molar-refractivity contribution in [2.24, 2.45) is 0 Å². The van der Waals surface area contributed by atoms with Crippen LogP contribution >= 0.6 is 0 Å². The summed E-state index contributed by atoms with van der Waals surface area (Å²) in [6.45, 7) is 7.00. The number of nitrogens with one attached hydrogen (secondary N) is 1. The van der Waals surface area contributed by atoms with Gasteiger partial charge in [0, 0.05) is 23.9 Å². The van der Waals surface area contributed by atoms with Gasteiger partial charge in [-0.15, -0.1) is 0 Å². The van der Waals surface area contributed by atoms with E-state index in [1.54, 1.807) is 0 Å². The van der Waals surface area contributed by atoms with Gasteiger partial charge in [0.2, 0.25) is 0 Å². The number of hydrogen-bond donors (Lipinski definition) is 1. The lowest BCUT2D eigenvalue weighted by molar-refractivity contribution is 0.171. The maximum atomic E-state index is 4.01. The first-order valence-corrected chi connectivity index (χ1v) is 5.50. The van der Waals surface area contributed by atoms with Gasteiger partial charge < -0.3 is 4.90 Å². The minimum absolute atomic E-state index is 0.692. The van der Waals surface area contributed by atoms with Crippen LogP contribution in [-0.4, -0.2) is 34.2 Å². The molecule has 0 aliphatic carbocycles. The molecule has 0 saturated carbocycles. The second kappa shape index (κ2) is 4.13. The Kier molecular flexibility index (Phi) is 2.87. The first-order chi connectivity index (χ1) is 6.77. The van der Waals surface area contributed by atoms with E-state index in [-0.39, 0.29) is 0 Å². The maximum absolute atomic E-state index is 4.01. The van der Waals surface area contributed by atoms with Crippen LogP contribution in [0.5, 0.6) is 0 Å². The minimum atomic E-state index is 0.692. The normalized spacial score (nSPS) is 20.5. The quantitative estimate of drug-likeness (QED) is 0.779. The van der Waals surface area contributed by atoms with Gasteiger partial charge in [0.1, 0.15) is 0 Å². The first-order valence-electron chi connectivity index (χ1n) is 5.50. The second-order valence-corrected chi connectivity index (χ2v) is 4.42. The molecule has 0 aromatic carbocycles. The summed E-state index contributed by atoms with van der Waals surface area (Å²) in [6.07, 6.45) is 4.38. The highest BCUT2D eigenvalue weighted by atomic mass is 15.2. The molecule has 2 rings (SSSR count). The highest BCUT2D eigenvalue weighted by Gasteiger charge is 2.22. The van der Waals surface area contributed by atoms with Crippen molar-refractivity contribution in [3.63, 3.8) is 0 Å². The Bertz CT molecular complexity index is 258. The molecule has 78 valence electrons. The molecular formula is C11H19N3. The van der Waals surface area contributed by atoms with Crippen LogP contribution in [0.2, 0.25) is 0 Å². The van der Waals surface area contributed by atoms with Gasteiger partial charge in [0.05, 0.1) is 0 Å². The van der Waals surface area contributed by atoms with Crippen molar-refractivity contribution in [2.75, 3.05) is 13.1 Å². The van der Waals surface area contributed by atoms with E-state index >= 15 is 0 Å². The highest BCUT2D eigenvalue weighted by Crippen LogP contribution is 2.26. The Morgan fingerprint density at radius 3 is 2.64 bits per heavy atom. The molecule has 0 radical (unpaired) electrons. The summed E-state index contributed by atoms with van der Waals surface area (Å²) >= 11 is 0. The van der Waals surface area contributed by atoms with Gasteiger partial charge in [0.15, 0.2) is 0 Å². The number of likely N-dealkylation sites (tertiary alicyclic amines) is 1. The van der Waals surface area contributed by atoms with Crippen LogP contribution in [0.15, 0.2) is 12.3 Å². The number of H-pyrrole nitrogens is 1. The summed E-state index contributed by atoms with van der Waals surface area (Å²) in [5, 5.41) is 7.10. The van der Waals surface area contributed by atoms with Crippen molar-refractivity contribution in [2.45, 2.75) is 38.6 Å². The molecule has 0 amide bonds. The van der Waals surface area contributed by atoms with Gasteiger partial charge in [-0.25, -0.2) is 0 Å². The zero-order valence-corrected chi connectivity index (χ0v) is 9.03. The molecule has 1 aromatic heterocycles. The van der Waals surface area contributed by atoms with Crippen LogP contribution in [0, 0.1) is 0 Å². The SMILES string of the molecule is CC(C)N1CCC(c2ccn[nH]2)CC1. The highest BCUT2D eigenvalue weighted by molar-refractivity contribution is 5.06. The van der Waals surface area contributed by atoms with E-state index in [1.165, 1.54) is 31.6 Å². The zero-order valence-electron chi connectivity index (χ0n) is 9.03. The summed E-state index contributed by atoms with van der Waals surface area (Å²) in [6, 6.07) is 2.80. The monoisotopic (exact) mass is 193 g/mol. The molecule has 1 aliphatic heterocycles. The first kappa shape index (κ1) is 9.71. The van der Waals surface area contributed by atoms with Crippen LogP contribution < -0.4 is 0 Å². The van der Waals surface area contributed by atoms with Crippen LogP contribution in [-0.2, 0) is 0 Å². The number of aromatic nitrogens is 2. The molecule has 1 aromatic rings. The predicted octanol–water partition coefficient (Wildman–Crippen LogP) is 2.00. The van der Waals surface area contributed by atoms with Crippen molar-refractivity contribution in [3.8, 4) is 0 Å². The Balaban J connectivity index is 1.90. The fourth-order valence-electron chi connectivity index (χ4n) is 2.22. The maximum Gasteiger partial charge on any atom is 0.0490 e. The summed E-state index contributed by atoms with van der Waals surface area (Å²) < 4.78 is 0. The van der Waals surface area contributed by atoms with E-state index in [0.29, 0.717) is 12.0 Å². The topological polar surface area (TPSA) is 31.9 Å². The fraction of sp³-hybridized carbons (Fsp3) is 0.727. The van der Waals surface area contributed by atoms with E-state index in [4.69, 9.17) is 0 Å². The van der Waals surface area contributed by atoms with Crippen LogP contribution in [0.25, 0.3) is 0 Å². The van der Waals surface area contributed by atoms with E-state index in [1.807, 2.05) is 6.20 Å². The van der Waals surface area contributed by atoms with Crippen molar-refractivity contribution >= 4 is 0 Å². The minimum Gasteiger partial charge on any atom is -0.301 e. The van der Waals surface area contributed by atoms with Gasteiger partial charge in [-0.3, -0.25) is 5.10 Å². The number of nitrogens with zero attached hydrogens (tertiary/aromatic N) is 2. The van der Waals surface area contributed by atoms with Gasteiger partial charge in [-0.05, 0) is 45.8 Å². The summed E-state index contributed by atoms with van der Waals surface area (Å²) in [5.41, 5.74) is 1.31. The summed E-state index contributed by atoms with van der Waals surface area (Å²) in [5.74, 6) is 0.701. The molecule has 0 spiro atoms. The third kappa shape index (κ3) is 1.98. The average Bonchev–Trinajstić information content (AvgIpc) is 2.71. The predicted molar refractivity (Wildman–Crippen MR) is 57.3 cm³/mol. The molecular weight excluding hydrogens is 174 g/mol. The Morgan fingerprint density at radius 1 is 1.43 bits per heavy atom. The summed E-state index contributed by atoms with van der Waals surface area (Å²) in [4.78, 5) is 2.55. The van der Waals surface area contributed by atoms with E-state index in [2.05, 4.69) is 35.0 Å². The Hall–Kier alpha value is -0.830. The number of piperidine rings is 1. The van der Waals surface area contributed by atoms with Crippen LogP contribution in [0.3, 0.4) is 0 Å². The van der Waals surface area contributed by atoms with Crippen molar-refractivity contribution in [1.82, 2.24) is 15.1 Å². The molecule has 3 nitrogen and oxygen atoms in total. The fourth-order valence-corrected chi connectivity index (χ4v) is 2.22. The van der Waals surface area contributed by atoms with Gasteiger partial charge in [-0.2, -0.15) is 5.10 Å². The molecule has 14 heavy (non-hydrogen) atoms. The molecule has 0 bridgehead atoms. The number of hydrogen-bond acceptors (Lipinski definition) is 2. The second-order valence-electron chi connectivity index (χ2n) is 4.42. The van der Waals surface area contributed by atoms with Crippen LogP contribution in [0.4, 0.5) is 0 Å². The standard InChI is InChI=1S/C11H19N3/c1-9(2)14-7-4-10(5-8-14)11-3-6-12-13-11/h3,6,9-10H,4-5,7-8H2,1-2H3,(H,12,13). The Labute approximate surface area is 85.5 Å². The Morgan fingerprint density at radius 2 is 2.14 bits per heavy atom. The lowest BCUT2D eigenvalue weighted by atomic mass is 9.93. The van der Waals surface area contributed by atoms with Crippen molar-refractivity contribution in [1.29, 1.82) is 0 Å². The van der Waals surface area contributed by atoms with Crippen molar-refractivity contribution < 1.29 is 0 Å². The van der Waals surface area contributed by atoms with Crippen LogP contribution in [0.1, 0.15) is 38.3 Å². The zero-order chi connectivity index (χ0) is 9.97. The average molecular weight is 193 g/mol. The molecule has 0 atom stereocenters. The molecule has 1 fully saturated rings. The lowest BCUT2D eigenvalue weighted by Crippen LogP contribution is -2.37. The smallest absolute Gasteiger partial charge is 0.0490 e. The molecule has 1 N–H and O–H groups in total. The molecule has 1 aliphatic rings. The van der Waals surface area contributed by atoms with Gasteiger partial charge in [-0.1, -0.05) is 0 Å². The third-order valence-corrected chi connectivity index (χ3v) is 3.22. The molecule has 1 saturated heterocycles.